The number of amides is 2. The maximum absolute atomic E-state index is 15.4. The molecule has 0 aromatic heterocycles. The maximum Gasteiger partial charge on any atom is 0.501 e. The lowest BCUT2D eigenvalue weighted by Gasteiger charge is -2.31. The molecule has 2 saturated carbocycles. The molecule has 2 amide bonds. The number of carboxylic acids is 1. The Balaban J connectivity index is 1.41. The van der Waals surface area contributed by atoms with E-state index < -0.39 is 61.8 Å². The number of nitrogens with zero attached hydrogens (tertiary/aromatic N) is 1. The Labute approximate surface area is 274 Å². The summed E-state index contributed by atoms with van der Waals surface area (Å²) in [5, 5.41) is 15.1. The zero-order valence-electron chi connectivity index (χ0n) is 26.0. The van der Waals surface area contributed by atoms with Crippen LogP contribution in [-0.4, -0.2) is 69.0 Å². The van der Waals surface area contributed by atoms with Gasteiger partial charge in [0.2, 0.25) is 5.91 Å². The first-order valence-electron chi connectivity index (χ1n) is 14.9. The number of benzene rings is 3. The first-order valence-corrected chi connectivity index (χ1v) is 16.4. The van der Waals surface area contributed by atoms with Crippen LogP contribution in [0.3, 0.4) is 0 Å². The highest BCUT2D eigenvalue weighted by atomic mass is 32.2. The second kappa shape index (κ2) is 13.2. The average Bonchev–Trinajstić information content (AvgIpc) is 3.62. The number of nitrogens with one attached hydrogen (secondary N) is 2. The summed E-state index contributed by atoms with van der Waals surface area (Å²) in [7, 11) is -1.18. The number of ether oxygens (including phenoxy) is 1. The number of methoxy groups -OCH3 is 1. The minimum atomic E-state index is -5.64. The van der Waals surface area contributed by atoms with E-state index in [-0.39, 0.29) is 34.4 Å². The molecule has 3 N–H and O–H groups in total. The average molecular weight is 692 g/mol. The van der Waals surface area contributed by atoms with Gasteiger partial charge in [-0.25, -0.2) is 12.8 Å². The third-order valence-corrected chi connectivity index (χ3v) is 10.5. The molecule has 15 heteroatoms. The van der Waals surface area contributed by atoms with Gasteiger partial charge in [-0.3, -0.25) is 19.3 Å². The van der Waals surface area contributed by atoms with E-state index >= 15 is 4.39 Å². The van der Waals surface area contributed by atoms with E-state index in [1.54, 1.807) is 32.3 Å². The van der Waals surface area contributed by atoms with E-state index in [0.717, 1.165) is 24.3 Å². The first-order chi connectivity index (χ1) is 22.5. The highest BCUT2D eigenvalue weighted by molar-refractivity contribution is 7.92. The molecule has 5 rings (SSSR count). The fourth-order valence-electron chi connectivity index (χ4n) is 6.87. The van der Waals surface area contributed by atoms with Crippen molar-refractivity contribution in [3.05, 3.63) is 77.6 Å². The van der Waals surface area contributed by atoms with Gasteiger partial charge in [-0.1, -0.05) is 24.3 Å². The molecule has 5 atom stereocenters. The summed E-state index contributed by atoms with van der Waals surface area (Å²) >= 11 is 0. The number of fused-ring (bicyclic) bond motifs is 2. The molecule has 256 valence electrons. The molecule has 3 aromatic rings. The second-order valence-electron chi connectivity index (χ2n) is 12.2. The Morgan fingerprint density at radius 1 is 1.00 bits per heavy atom. The van der Waals surface area contributed by atoms with Crippen LogP contribution in [0.2, 0.25) is 0 Å². The third kappa shape index (κ3) is 6.61. The quantitative estimate of drug-likeness (QED) is 0.245. The van der Waals surface area contributed by atoms with Crippen LogP contribution in [-0.2, 0) is 19.4 Å². The van der Waals surface area contributed by atoms with Gasteiger partial charge in [-0.15, -0.1) is 0 Å². The first kappa shape index (κ1) is 34.8. The topological polar surface area (TPSA) is 142 Å². The number of likely N-dealkylation sites (N-methyl/N-ethyl adjacent to an activating group) is 1. The van der Waals surface area contributed by atoms with E-state index in [1.165, 1.54) is 30.2 Å². The van der Waals surface area contributed by atoms with Crippen LogP contribution in [0, 0.1) is 23.6 Å². The van der Waals surface area contributed by atoms with Gasteiger partial charge in [0.1, 0.15) is 17.6 Å². The highest BCUT2D eigenvalue weighted by Crippen LogP contribution is 2.49. The van der Waals surface area contributed by atoms with Gasteiger partial charge < -0.3 is 20.5 Å². The molecule has 2 fully saturated rings. The molecular formula is C33H33F4N3O7S. The van der Waals surface area contributed by atoms with Crippen LogP contribution in [0.15, 0.2) is 65.6 Å². The van der Waals surface area contributed by atoms with Crippen LogP contribution in [0.25, 0.3) is 11.1 Å². The van der Waals surface area contributed by atoms with Gasteiger partial charge in [-0.05, 0) is 86.7 Å². The zero-order valence-corrected chi connectivity index (χ0v) is 26.9. The molecule has 0 saturated heterocycles. The van der Waals surface area contributed by atoms with Crippen molar-refractivity contribution < 1.29 is 50.2 Å². The highest BCUT2D eigenvalue weighted by Gasteiger charge is 2.52. The SMILES string of the molecule is COc1cc(F)c(-c2cccc([C@@H](C(=O)O)N(C)C)c2)cc1C(=O)N[C@@H]1C2CC[C@H](C2)[C@@H]1C(=O)Nc1cccc(S(=O)(=O)C(F)(F)F)c1. The van der Waals surface area contributed by atoms with E-state index in [0.29, 0.717) is 30.4 Å². The predicted octanol–water partition coefficient (Wildman–Crippen LogP) is 5.27. The Morgan fingerprint density at radius 2 is 1.69 bits per heavy atom. The van der Waals surface area contributed by atoms with Crippen LogP contribution < -0.4 is 15.4 Å². The number of rotatable bonds is 10. The smallest absolute Gasteiger partial charge is 0.496 e. The number of carbonyl (C=O) groups excluding carboxylic acids is 2. The predicted molar refractivity (Wildman–Crippen MR) is 166 cm³/mol. The fourth-order valence-corrected chi connectivity index (χ4v) is 7.67. The van der Waals surface area contributed by atoms with Crippen LogP contribution in [0.1, 0.15) is 41.2 Å². The number of anilines is 1. The minimum absolute atomic E-state index is 0.0154. The fraction of sp³-hybridized carbons (Fsp3) is 0.364. The van der Waals surface area contributed by atoms with Crippen molar-refractivity contribution in [3.63, 3.8) is 0 Å². The van der Waals surface area contributed by atoms with Crippen LogP contribution in [0.4, 0.5) is 23.2 Å². The van der Waals surface area contributed by atoms with Gasteiger partial charge in [0, 0.05) is 23.4 Å². The summed E-state index contributed by atoms with van der Waals surface area (Å²) in [4.78, 5) is 39.7. The molecule has 0 heterocycles. The van der Waals surface area contributed by atoms with E-state index in [2.05, 4.69) is 10.6 Å². The standard InChI is InChI=1S/C33H33F4N3O7S/c1-40(2)29(32(43)44)20-7-4-6-17(12-20)23-15-24(26(47-3)16-25(23)34)30(41)39-28-19-11-10-18(13-19)27(28)31(42)38-21-8-5-9-22(14-21)48(45,46)33(35,36)37/h4-9,12,14-16,18-19,27-29H,10-11,13H2,1-3H3,(H,38,42)(H,39,41)(H,43,44)/t18-,19?,27+,28-,29+/m1/s1. The summed E-state index contributed by atoms with van der Waals surface area (Å²) < 4.78 is 83.8. The number of carboxylic acid groups (broad SMARTS) is 1. The molecule has 1 unspecified atom stereocenters. The molecule has 0 radical (unpaired) electrons. The molecule has 2 aliphatic carbocycles. The summed E-state index contributed by atoms with van der Waals surface area (Å²) in [5.41, 5.74) is -4.97. The van der Waals surface area contributed by atoms with E-state index in [1.807, 2.05) is 0 Å². The molecule has 2 bridgehead atoms. The number of carbonyl (C=O) groups is 3. The van der Waals surface area contributed by atoms with Gasteiger partial charge in [-0.2, -0.15) is 13.2 Å². The number of hydrogen-bond acceptors (Lipinski definition) is 7. The van der Waals surface area contributed by atoms with E-state index in [9.17, 15) is 41.1 Å². The van der Waals surface area contributed by atoms with Crippen molar-refractivity contribution in [2.45, 2.75) is 41.7 Å². The van der Waals surface area contributed by atoms with Crippen molar-refractivity contribution in [1.82, 2.24) is 10.2 Å². The number of hydrogen-bond donors (Lipinski definition) is 3. The van der Waals surface area contributed by atoms with Crippen molar-refractivity contribution in [1.29, 1.82) is 0 Å². The second-order valence-corrected chi connectivity index (χ2v) is 14.1. The largest absolute Gasteiger partial charge is 0.501 e. The molecule has 48 heavy (non-hydrogen) atoms. The molecular weight excluding hydrogens is 658 g/mol. The van der Waals surface area contributed by atoms with Crippen molar-refractivity contribution >= 4 is 33.3 Å². The van der Waals surface area contributed by atoms with E-state index in [4.69, 9.17) is 4.74 Å². The third-order valence-electron chi connectivity index (χ3n) is 9.03. The molecule has 3 aromatic carbocycles. The summed E-state index contributed by atoms with van der Waals surface area (Å²) in [6.45, 7) is 0. The Kier molecular flexibility index (Phi) is 9.57. The molecule has 10 nitrogen and oxygen atoms in total. The van der Waals surface area contributed by atoms with Crippen LogP contribution >= 0.6 is 0 Å². The summed E-state index contributed by atoms with van der Waals surface area (Å²) in [6, 6.07) is 10.8. The monoisotopic (exact) mass is 691 g/mol. The number of halogens is 4. The zero-order chi connectivity index (χ0) is 35.1. The van der Waals surface area contributed by atoms with Gasteiger partial charge in [0.25, 0.3) is 15.7 Å². The van der Waals surface area contributed by atoms with Gasteiger partial charge in [0.05, 0.1) is 23.5 Å². The Morgan fingerprint density at radius 3 is 2.33 bits per heavy atom. The molecule has 2 aliphatic rings. The lowest BCUT2D eigenvalue weighted by molar-refractivity contribution is -0.142. The lowest BCUT2D eigenvalue weighted by atomic mass is 9.83. The van der Waals surface area contributed by atoms with Gasteiger partial charge in [0.15, 0.2) is 0 Å². The van der Waals surface area contributed by atoms with Crippen molar-refractivity contribution in [3.8, 4) is 16.9 Å². The summed E-state index contributed by atoms with van der Waals surface area (Å²) in [5.74, 6) is -4.16. The Hall–Kier alpha value is -4.50. The maximum atomic E-state index is 15.4. The van der Waals surface area contributed by atoms with Gasteiger partial charge >= 0.3 is 11.5 Å². The Bertz CT molecular complexity index is 1870. The normalized spacial score (nSPS) is 21.2. The van der Waals surface area contributed by atoms with Crippen molar-refractivity contribution in [2.75, 3.05) is 26.5 Å². The number of aliphatic carboxylic acids is 1. The number of sulfone groups is 1. The molecule has 0 aliphatic heterocycles. The van der Waals surface area contributed by atoms with Crippen molar-refractivity contribution in [2.24, 2.45) is 17.8 Å². The minimum Gasteiger partial charge on any atom is -0.496 e. The number of alkyl halides is 3. The summed E-state index contributed by atoms with van der Waals surface area (Å²) in [6.07, 6.45) is 2.01. The van der Waals surface area contributed by atoms with Crippen LogP contribution in [0.5, 0.6) is 5.75 Å². The lowest BCUT2D eigenvalue weighted by Crippen LogP contribution is -2.48. The molecule has 0 spiro atoms.